The first kappa shape index (κ1) is 18.4. The smallest absolute Gasteiger partial charge is 0.306 e. The molecule has 0 saturated carbocycles. The number of nitro groups is 1. The van der Waals surface area contributed by atoms with E-state index in [1.54, 1.807) is 0 Å². The molecule has 1 unspecified atom stereocenters. The quantitative estimate of drug-likeness (QED) is 0.575. The Morgan fingerprint density at radius 3 is 3.05 bits per heavy atom. The van der Waals surface area contributed by atoms with Gasteiger partial charge in [-0.05, 0) is 38.3 Å². The van der Waals surface area contributed by atoms with Gasteiger partial charge in [-0.1, -0.05) is 0 Å². The number of rotatable bonds is 7. The van der Waals surface area contributed by atoms with E-state index in [9.17, 15) is 14.9 Å². The molecule has 1 aliphatic rings. The molecule has 0 bridgehead atoms. The van der Waals surface area contributed by atoms with Gasteiger partial charge in [0, 0.05) is 19.5 Å². The molecule has 1 fully saturated rings. The van der Waals surface area contributed by atoms with E-state index < -0.39 is 4.92 Å². The molecule has 1 aromatic heterocycles. The second kappa shape index (κ2) is 9.37. The highest BCUT2D eigenvalue weighted by atomic mass is 35.5. The Morgan fingerprint density at radius 1 is 1.59 bits per heavy atom. The summed E-state index contributed by atoms with van der Waals surface area (Å²) in [7, 11) is 0. The Hall–Kier alpha value is -1.67. The van der Waals surface area contributed by atoms with Crippen LogP contribution in [0.4, 0.5) is 5.69 Å². The molecular formula is C13H22ClN5O3. The van der Waals surface area contributed by atoms with Crippen molar-refractivity contribution in [1.82, 2.24) is 20.4 Å². The second-order valence-corrected chi connectivity index (χ2v) is 5.32. The molecule has 2 heterocycles. The first-order valence-electron chi connectivity index (χ1n) is 7.29. The molecule has 8 nitrogen and oxygen atoms in total. The Kier molecular flexibility index (Phi) is 7.83. The first-order chi connectivity index (χ1) is 10.1. The van der Waals surface area contributed by atoms with E-state index in [4.69, 9.17) is 0 Å². The van der Waals surface area contributed by atoms with E-state index >= 15 is 0 Å². The third-order valence-electron chi connectivity index (χ3n) is 3.67. The van der Waals surface area contributed by atoms with Gasteiger partial charge in [-0.15, -0.1) is 12.4 Å². The number of piperidine rings is 1. The molecule has 124 valence electrons. The molecule has 1 amide bonds. The maximum absolute atomic E-state index is 11.7. The Labute approximate surface area is 135 Å². The summed E-state index contributed by atoms with van der Waals surface area (Å²) in [4.78, 5) is 21.7. The molecule has 0 spiro atoms. The molecule has 9 heteroatoms. The summed E-state index contributed by atoms with van der Waals surface area (Å²) in [5, 5.41) is 20.6. The number of nitrogens with zero attached hydrogens (tertiary/aromatic N) is 3. The lowest BCUT2D eigenvalue weighted by atomic mass is 9.96. The molecule has 1 atom stereocenters. The van der Waals surface area contributed by atoms with E-state index in [1.807, 2.05) is 0 Å². The van der Waals surface area contributed by atoms with Gasteiger partial charge >= 0.3 is 5.69 Å². The molecule has 1 aliphatic heterocycles. The van der Waals surface area contributed by atoms with Crippen LogP contribution in [-0.4, -0.2) is 40.2 Å². The van der Waals surface area contributed by atoms with Crippen LogP contribution in [0.3, 0.4) is 0 Å². The number of hydrogen-bond donors (Lipinski definition) is 2. The standard InChI is InChI=1S/C13H21N5O3.ClH/c19-13(15-6-3-11-2-1-5-14-8-11)4-7-17-10-12(9-16-17)18(20)21;/h9-11,14H,1-8H2,(H,15,19);1H. The van der Waals surface area contributed by atoms with Crippen LogP contribution < -0.4 is 10.6 Å². The van der Waals surface area contributed by atoms with Crippen LogP contribution in [0, 0.1) is 16.0 Å². The SMILES string of the molecule is Cl.O=C(CCn1cc([N+](=O)[O-])cn1)NCCC1CCCNC1. The molecule has 2 N–H and O–H groups in total. The van der Waals surface area contributed by atoms with Gasteiger partial charge in [0.05, 0.1) is 4.92 Å². The Balaban J connectivity index is 0.00000242. The minimum absolute atomic E-state index is 0. The van der Waals surface area contributed by atoms with Crippen molar-refractivity contribution in [2.24, 2.45) is 5.92 Å². The topological polar surface area (TPSA) is 102 Å². The van der Waals surface area contributed by atoms with E-state index in [1.165, 1.54) is 29.9 Å². The average molecular weight is 332 g/mol. The number of carbonyl (C=O) groups is 1. The van der Waals surface area contributed by atoms with Gasteiger partial charge in [-0.3, -0.25) is 19.6 Å². The lowest BCUT2D eigenvalue weighted by Crippen LogP contribution is -2.33. The largest absolute Gasteiger partial charge is 0.356 e. The maximum Gasteiger partial charge on any atom is 0.306 e. The van der Waals surface area contributed by atoms with Crippen molar-refractivity contribution in [2.75, 3.05) is 19.6 Å². The first-order valence-corrected chi connectivity index (χ1v) is 7.29. The fraction of sp³-hybridized carbons (Fsp3) is 0.692. The van der Waals surface area contributed by atoms with Gasteiger partial charge in [-0.2, -0.15) is 5.10 Å². The fourth-order valence-corrected chi connectivity index (χ4v) is 2.46. The van der Waals surface area contributed by atoms with Crippen LogP contribution in [0.25, 0.3) is 0 Å². The number of amides is 1. The van der Waals surface area contributed by atoms with Crippen LogP contribution in [-0.2, 0) is 11.3 Å². The summed E-state index contributed by atoms with van der Waals surface area (Å²) >= 11 is 0. The summed E-state index contributed by atoms with van der Waals surface area (Å²) in [6.45, 7) is 3.17. The molecule has 1 saturated heterocycles. The van der Waals surface area contributed by atoms with Gasteiger partial charge in [0.15, 0.2) is 0 Å². The molecule has 1 aromatic rings. The zero-order valence-electron chi connectivity index (χ0n) is 12.4. The summed E-state index contributed by atoms with van der Waals surface area (Å²) in [6, 6.07) is 0. The summed E-state index contributed by atoms with van der Waals surface area (Å²) in [6.07, 6.45) is 6.22. The summed E-state index contributed by atoms with van der Waals surface area (Å²) < 4.78 is 1.42. The average Bonchev–Trinajstić information content (AvgIpc) is 2.95. The van der Waals surface area contributed by atoms with Gasteiger partial charge < -0.3 is 10.6 Å². The summed E-state index contributed by atoms with van der Waals surface area (Å²) in [5.41, 5.74) is -0.0554. The minimum atomic E-state index is -0.498. The van der Waals surface area contributed by atoms with E-state index in [-0.39, 0.29) is 30.4 Å². The lowest BCUT2D eigenvalue weighted by molar-refractivity contribution is -0.385. The molecule has 2 rings (SSSR count). The van der Waals surface area contributed by atoms with Crippen LogP contribution in [0.1, 0.15) is 25.7 Å². The van der Waals surface area contributed by atoms with Crippen molar-refractivity contribution in [3.63, 3.8) is 0 Å². The van der Waals surface area contributed by atoms with E-state index in [0.717, 1.165) is 19.5 Å². The van der Waals surface area contributed by atoms with Crippen molar-refractivity contribution in [3.8, 4) is 0 Å². The molecule has 0 aromatic carbocycles. The van der Waals surface area contributed by atoms with Crippen LogP contribution in [0.15, 0.2) is 12.4 Å². The Morgan fingerprint density at radius 2 is 2.41 bits per heavy atom. The lowest BCUT2D eigenvalue weighted by Gasteiger charge is -2.22. The van der Waals surface area contributed by atoms with Gasteiger partial charge in [-0.25, -0.2) is 0 Å². The number of halogens is 1. The number of aromatic nitrogens is 2. The predicted octanol–water partition coefficient (Wildman–Crippen LogP) is 1.11. The monoisotopic (exact) mass is 331 g/mol. The van der Waals surface area contributed by atoms with Crippen molar-refractivity contribution in [1.29, 1.82) is 0 Å². The maximum atomic E-state index is 11.7. The third-order valence-corrected chi connectivity index (χ3v) is 3.67. The molecule has 0 radical (unpaired) electrons. The highest BCUT2D eigenvalue weighted by molar-refractivity contribution is 5.85. The zero-order valence-corrected chi connectivity index (χ0v) is 13.2. The number of aryl methyl sites for hydroxylation is 1. The van der Waals surface area contributed by atoms with Crippen LogP contribution in [0.2, 0.25) is 0 Å². The second-order valence-electron chi connectivity index (χ2n) is 5.32. The number of nitrogens with one attached hydrogen (secondary N) is 2. The zero-order chi connectivity index (χ0) is 15.1. The van der Waals surface area contributed by atoms with Gasteiger partial charge in [0.2, 0.25) is 5.91 Å². The van der Waals surface area contributed by atoms with Crippen molar-refractivity contribution < 1.29 is 9.72 Å². The Bertz CT molecular complexity index is 488. The normalized spacial score (nSPS) is 17.5. The highest BCUT2D eigenvalue weighted by Gasteiger charge is 2.13. The van der Waals surface area contributed by atoms with Crippen LogP contribution in [0.5, 0.6) is 0 Å². The van der Waals surface area contributed by atoms with Crippen molar-refractivity contribution in [3.05, 3.63) is 22.5 Å². The van der Waals surface area contributed by atoms with Crippen LogP contribution >= 0.6 is 12.4 Å². The number of carbonyl (C=O) groups excluding carboxylic acids is 1. The highest BCUT2D eigenvalue weighted by Crippen LogP contribution is 2.13. The fourth-order valence-electron chi connectivity index (χ4n) is 2.46. The molecular weight excluding hydrogens is 310 g/mol. The van der Waals surface area contributed by atoms with E-state index in [0.29, 0.717) is 19.0 Å². The predicted molar refractivity (Wildman–Crippen MR) is 84.0 cm³/mol. The van der Waals surface area contributed by atoms with Gasteiger partial charge in [0.1, 0.15) is 12.4 Å². The van der Waals surface area contributed by atoms with Gasteiger partial charge in [0.25, 0.3) is 0 Å². The summed E-state index contributed by atoms with van der Waals surface area (Å²) in [5.74, 6) is 0.602. The third kappa shape index (κ3) is 5.98. The number of hydrogen-bond acceptors (Lipinski definition) is 5. The molecule has 0 aliphatic carbocycles. The molecule has 22 heavy (non-hydrogen) atoms. The van der Waals surface area contributed by atoms with Crippen molar-refractivity contribution >= 4 is 24.0 Å². The van der Waals surface area contributed by atoms with Crippen molar-refractivity contribution in [2.45, 2.75) is 32.2 Å². The minimum Gasteiger partial charge on any atom is -0.356 e. The van der Waals surface area contributed by atoms with E-state index in [2.05, 4.69) is 15.7 Å².